The monoisotopic (exact) mass is 237 g/mol. The van der Waals surface area contributed by atoms with Crippen LogP contribution in [0.1, 0.15) is 22.3 Å². The largest absolute Gasteiger partial charge is 0.465 e. The van der Waals surface area contributed by atoms with Gasteiger partial charge in [0, 0.05) is 23.6 Å². The first-order valence-corrected chi connectivity index (χ1v) is 5.25. The van der Waals surface area contributed by atoms with Crippen LogP contribution in [0.2, 0.25) is 0 Å². The van der Waals surface area contributed by atoms with E-state index in [2.05, 4.69) is 16.6 Å². The van der Waals surface area contributed by atoms with Gasteiger partial charge in [-0.05, 0) is 18.2 Å². The predicted octanol–water partition coefficient (Wildman–Crippen LogP) is 2.04. The number of nitrogens with two attached hydrogens (primary N) is 1. The second-order valence-electron chi connectivity index (χ2n) is 3.03. The van der Waals surface area contributed by atoms with Crippen LogP contribution in [0.15, 0.2) is 18.2 Å². The molecule has 16 heavy (non-hydrogen) atoms. The van der Waals surface area contributed by atoms with E-state index in [0.717, 1.165) is 0 Å². The molecule has 0 saturated carbocycles. The lowest BCUT2D eigenvalue weighted by molar-refractivity contribution is 0.0600. The molecular weight excluding hydrogens is 226 g/mol. The molecule has 0 radical (unpaired) electrons. The van der Waals surface area contributed by atoms with Crippen molar-refractivity contribution in [1.82, 2.24) is 0 Å². The molecule has 0 unspecified atom stereocenters. The number of methoxy groups -OCH3 is 1. The van der Waals surface area contributed by atoms with Crippen molar-refractivity contribution >= 4 is 23.3 Å². The molecule has 1 aromatic carbocycles. The van der Waals surface area contributed by atoms with E-state index in [1.165, 1.54) is 7.11 Å². The summed E-state index contributed by atoms with van der Waals surface area (Å²) in [7, 11) is 1.33. The fourth-order valence-corrected chi connectivity index (χ4v) is 1.21. The Labute approximate surface area is 99.5 Å². The third-order valence-corrected chi connectivity index (χ3v) is 2.11. The van der Waals surface area contributed by atoms with Crippen molar-refractivity contribution in [2.75, 3.05) is 18.7 Å². The maximum atomic E-state index is 11.3. The lowest BCUT2D eigenvalue weighted by atomic mass is 10.1. The van der Waals surface area contributed by atoms with Gasteiger partial charge in [0.05, 0.1) is 12.7 Å². The molecule has 0 amide bonds. The van der Waals surface area contributed by atoms with Gasteiger partial charge in [-0.25, -0.2) is 4.79 Å². The Morgan fingerprint density at radius 1 is 1.56 bits per heavy atom. The predicted molar refractivity (Wildman–Crippen MR) is 64.4 cm³/mol. The summed E-state index contributed by atoms with van der Waals surface area (Å²) in [5, 5.41) is 0. The fraction of sp³-hybridized carbons (Fsp3) is 0.250. The highest BCUT2D eigenvalue weighted by Crippen LogP contribution is 2.13. The minimum atomic E-state index is -0.402. The Morgan fingerprint density at radius 3 is 2.94 bits per heavy atom. The number of hydrogen-bond donors (Lipinski definition) is 1. The highest BCUT2D eigenvalue weighted by Gasteiger charge is 2.06. The molecule has 0 aliphatic heterocycles. The molecule has 0 atom stereocenters. The zero-order chi connectivity index (χ0) is 12.0. The van der Waals surface area contributed by atoms with E-state index < -0.39 is 5.97 Å². The van der Waals surface area contributed by atoms with Crippen LogP contribution in [-0.4, -0.2) is 19.0 Å². The van der Waals surface area contributed by atoms with Crippen LogP contribution >= 0.6 is 11.6 Å². The molecule has 1 aromatic rings. The standard InChI is InChI=1S/C12H12ClNO2/c1-16-12(15)10-5-6-11(14)9(8-10)4-2-3-7-13/h5-6,8H,3,7,14H2,1H3. The maximum absolute atomic E-state index is 11.3. The Kier molecular flexibility index (Phi) is 4.68. The summed E-state index contributed by atoms with van der Waals surface area (Å²) < 4.78 is 4.61. The van der Waals surface area contributed by atoms with Gasteiger partial charge in [0.15, 0.2) is 0 Å². The van der Waals surface area contributed by atoms with E-state index in [1.54, 1.807) is 18.2 Å². The van der Waals surface area contributed by atoms with E-state index >= 15 is 0 Å². The van der Waals surface area contributed by atoms with E-state index in [4.69, 9.17) is 17.3 Å². The quantitative estimate of drug-likeness (QED) is 0.371. The van der Waals surface area contributed by atoms with Gasteiger partial charge in [0.1, 0.15) is 0 Å². The van der Waals surface area contributed by atoms with E-state index in [9.17, 15) is 4.79 Å². The minimum absolute atomic E-state index is 0.402. The van der Waals surface area contributed by atoms with Gasteiger partial charge in [-0.15, -0.1) is 11.6 Å². The van der Waals surface area contributed by atoms with Crippen molar-refractivity contribution in [1.29, 1.82) is 0 Å². The Bertz CT molecular complexity index is 446. The zero-order valence-electron chi connectivity index (χ0n) is 8.92. The normalized spacial score (nSPS) is 9.12. The first-order valence-electron chi connectivity index (χ1n) is 4.71. The lowest BCUT2D eigenvalue weighted by Crippen LogP contribution is -2.02. The van der Waals surface area contributed by atoms with Crippen LogP contribution in [0.25, 0.3) is 0 Å². The molecule has 0 aliphatic rings. The van der Waals surface area contributed by atoms with Crippen molar-refractivity contribution < 1.29 is 9.53 Å². The SMILES string of the molecule is COC(=O)c1ccc(N)c(C#CCCCl)c1. The summed E-state index contributed by atoms with van der Waals surface area (Å²) in [5.74, 6) is 5.80. The van der Waals surface area contributed by atoms with Gasteiger partial charge in [0.2, 0.25) is 0 Å². The Balaban J connectivity index is 3.01. The van der Waals surface area contributed by atoms with Gasteiger partial charge in [-0.3, -0.25) is 0 Å². The summed E-state index contributed by atoms with van der Waals surface area (Å²) in [6, 6.07) is 4.85. The second-order valence-corrected chi connectivity index (χ2v) is 3.41. The van der Waals surface area contributed by atoms with Crippen molar-refractivity contribution in [2.45, 2.75) is 6.42 Å². The molecule has 0 fully saturated rings. The average molecular weight is 238 g/mol. The highest BCUT2D eigenvalue weighted by molar-refractivity contribution is 6.18. The number of hydrogen-bond acceptors (Lipinski definition) is 3. The van der Waals surface area contributed by atoms with Gasteiger partial charge in [-0.2, -0.15) is 0 Å². The molecule has 2 N–H and O–H groups in total. The molecule has 4 heteroatoms. The van der Waals surface area contributed by atoms with Gasteiger partial charge in [0.25, 0.3) is 0 Å². The van der Waals surface area contributed by atoms with Crippen molar-refractivity contribution in [3.05, 3.63) is 29.3 Å². The molecule has 0 aliphatic carbocycles. The molecule has 0 saturated heterocycles. The minimum Gasteiger partial charge on any atom is -0.465 e. The fourth-order valence-electron chi connectivity index (χ4n) is 1.11. The summed E-state index contributed by atoms with van der Waals surface area (Å²) in [5.41, 5.74) is 7.32. The third kappa shape index (κ3) is 3.18. The number of ether oxygens (including phenoxy) is 1. The number of alkyl halides is 1. The van der Waals surface area contributed by atoms with Gasteiger partial charge >= 0.3 is 5.97 Å². The number of benzene rings is 1. The molecule has 3 nitrogen and oxygen atoms in total. The smallest absolute Gasteiger partial charge is 0.337 e. The number of nitrogen functional groups attached to an aromatic ring is 1. The van der Waals surface area contributed by atoms with E-state index in [-0.39, 0.29) is 0 Å². The first-order chi connectivity index (χ1) is 7.69. The summed E-state index contributed by atoms with van der Waals surface area (Å²) >= 11 is 5.50. The average Bonchev–Trinajstić information content (AvgIpc) is 2.31. The van der Waals surface area contributed by atoms with Crippen LogP contribution in [0.4, 0.5) is 5.69 Å². The number of esters is 1. The molecule has 1 rings (SSSR count). The molecule has 0 heterocycles. The summed E-state index contributed by atoms with van der Waals surface area (Å²) in [6.45, 7) is 0. The highest BCUT2D eigenvalue weighted by atomic mass is 35.5. The molecule has 84 valence electrons. The molecular formula is C12H12ClNO2. The zero-order valence-corrected chi connectivity index (χ0v) is 9.67. The summed E-state index contributed by atoms with van der Waals surface area (Å²) in [6.07, 6.45) is 0.587. The molecule has 0 aromatic heterocycles. The number of anilines is 1. The van der Waals surface area contributed by atoms with Gasteiger partial charge < -0.3 is 10.5 Å². The van der Waals surface area contributed by atoms with E-state index in [0.29, 0.717) is 29.1 Å². The van der Waals surface area contributed by atoms with Crippen molar-refractivity contribution in [2.24, 2.45) is 0 Å². The number of rotatable bonds is 2. The van der Waals surface area contributed by atoms with Crippen LogP contribution in [0.5, 0.6) is 0 Å². The number of carbonyl (C=O) groups is 1. The van der Waals surface area contributed by atoms with Crippen LogP contribution in [0.3, 0.4) is 0 Å². The Morgan fingerprint density at radius 2 is 2.31 bits per heavy atom. The third-order valence-electron chi connectivity index (χ3n) is 1.92. The Hall–Kier alpha value is -1.66. The van der Waals surface area contributed by atoms with Crippen molar-refractivity contribution in [3.63, 3.8) is 0 Å². The van der Waals surface area contributed by atoms with Gasteiger partial charge in [-0.1, -0.05) is 11.8 Å². The summed E-state index contributed by atoms with van der Waals surface area (Å²) in [4.78, 5) is 11.3. The number of carbonyl (C=O) groups excluding carboxylic acids is 1. The van der Waals surface area contributed by atoms with Crippen LogP contribution in [0, 0.1) is 11.8 Å². The lowest BCUT2D eigenvalue weighted by Gasteiger charge is -2.02. The van der Waals surface area contributed by atoms with E-state index in [1.807, 2.05) is 0 Å². The molecule has 0 spiro atoms. The molecule has 0 bridgehead atoms. The second kappa shape index (κ2) is 6.04. The van der Waals surface area contributed by atoms with Crippen molar-refractivity contribution in [3.8, 4) is 11.8 Å². The van der Waals surface area contributed by atoms with Crippen LogP contribution in [-0.2, 0) is 4.74 Å². The maximum Gasteiger partial charge on any atom is 0.337 e. The topological polar surface area (TPSA) is 52.3 Å². The number of halogens is 1. The first kappa shape index (κ1) is 12.4. The van der Waals surface area contributed by atoms with Crippen LogP contribution < -0.4 is 5.73 Å².